The summed E-state index contributed by atoms with van der Waals surface area (Å²) in [6.07, 6.45) is 6.92. The van der Waals surface area contributed by atoms with Crippen LogP contribution in [0.2, 0.25) is 0 Å². The van der Waals surface area contributed by atoms with E-state index in [0.29, 0.717) is 17.1 Å². The topological polar surface area (TPSA) is 117 Å². The Kier molecular flexibility index (Phi) is 6.01. The predicted molar refractivity (Wildman–Crippen MR) is 139 cm³/mol. The maximum atomic E-state index is 14.4. The fraction of sp³-hybridized carbons (Fsp3) is 0.222. The number of pyridine rings is 2. The highest BCUT2D eigenvalue weighted by atomic mass is 19.4. The molecule has 198 valence electrons. The van der Waals surface area contributed by atoms with E-state index < -0.39 is 17.8 Å². The molecule has 4 aromatic heterocycles. The minimum absolute atomic E-state index is 0.0118. The summed E-state index contributed by atoms with van der Waals surface area (Å²) in [5, 5.41) is 7.23. The molecule has 1 aliphatic carbocycles. The average molecular weight is 533 g/mol. The zero-order valence-electron chi connectivity index (χ0n) is 20.6. The summed E-state index contributed by atoms with van der Waals surface area (Å²) < 4.78 is 45.9. The van der Waals surface area contributed by atoms with Crippen molar-refractivity contribution >= 4 is 22.6 Å². The van der Waals surface area contributed by atoms with Crippen molar-refractivity contribution < 1.29 is 18.0 Å². The SMILES string of the molecule is NC(=O)c1ccc(-n2nc(C(F)(F)F)c3c(-n4cnc(-c5cccnc5)c4)ccnc32)c(NC2CCCC2)c1. The molecule has 0 spiro atoms. The Labute approximate surface area is 220 Å². The van der Waals surface area contributed by atoms with E-state index in [2.05, 4.69) is 25.4 Å². The van der Waals surface area contributed by atoms with Gasteiger partial charge in [0.05, 0.1) is 34.5 Å². The van der Waals surface area contributed by atoms with Crippen molar-refractivity contribution in [1.29, 1.82) is 0 Å². The number of hydrogen-bond acceptors (Lipinski definition) is 6. The molecule has 1 amide bonds. The average Bonchev–Trinajstić information content (AvgIpc) is 3.69. The molecule has 3 N–H and O–H groups in total. The molecule has 0 saturated heterocycles. The van der Waals surface area contributed by atoms with Gasteiger partial charge in [0, 0.05) is 42.0 Å². The molecule has 5 aromatic rings. The number of rotatable bonds is 6. The van der Waals surface area contributed by atoms with Gasteiger partial charge in [-0.2, -0.15) is 18.3 Å². The van der Waals surface area contributed by atoms with Crippen LogP contribution < -0.4 is 11.1 Å². The number of benzene rings is 1. The molecule has 0 radical (unpaired) electrons. The van der Waals surface area contributed by atoms with Gasteiger partial charge in [0.15, 0.2) is 11.3 Å². The van der Waals surface area contributed by atoms with Crippen LogP contribution in [0.3, 0.4) is 0 Å². The first-order valence-electron chi connectivity index (χ1n) is 12.4. The van der Waals surface area contributed by atoms with Crippen LogP contribution in [-0.2, 0) is 6.18 Å². The van der Waals surface area contributed by atoms with E-state index in [4.69, 9.17) is 5.73 Å². The summed E-state index contributed by atoms with van der Waals surface area (Å²) in [5.41, 5.74) is 6.97. The van der Waals surface area contributed by atoms with E-state index in [1.54, 1.807) is 30.7 Å². The Balaban J connectivity index is 1.54. The quantitative estimate of drug-likeness (QED) is 0.313. The lowest BCUT2D eigenvalue weighted by molar-refractivity contribution is -0.140. The van der Waals surface area contributed by atoms with Crippen molar-refractivity contribution in [1.82, 2.24) is 29.3 Å². The Morgan fingerprint density at radius 2 is 1.87 bits per heavy atom. The fourth-order valence-corrected chi connectivity index (χ4v) is 5.01. The smallest absolute Gasteiger partial charge is 0.381 e. The lowest BCUT2D eigenvalue weighted by Crippen LogP contribution is -2.18. The molecule has 1 aromatic carbocycles. The molecule has 1 fully saturated rings. The molecule has 1 saturated carbocycles. The molecule has 6 rings (SSSR count). The molecule has 9 nitrogen and oxygen atoms in total. The summed E-state index contributed by atoms with van der Waals surface area (Å²) in [7, 11) is 0. The van der Waals surface area contributed by atoms with E-state index in [-0.39, 0.29) is 28.3 Å². The van der Waals surface area contributed by atoms with E-state index in [1.807, 2.05) is 6.07 Å². The van der Waals surface area contributed by atoms with Gasteiger partial charge in [-0.1, -0.05) is 12.8 Å². The molecular weight excluding hydrogens is 509 g/mol. The number of fused-ring (bicyclic) bond motifs is 1. The zero-order valence-corrected chi connectivity index (χ0v) is 20.6. The standard InChI is InChI=1S/C27H23F3N8O/c28-27(29,30)24-23-22(37-14-20(34-15-37)17-4-3-10-32-13-17)9-11-33-26(23)38(36-24)21-8-7-16(25(31)39)12-19(21)35-18-5-1-2-6-18/h3-4,7-15,18,35H,1-2,5-6H2,(H2,31,39). The molecule has 39 heavy (non-hydrogen) atoms. The van der Waals surface area contributed by atoms with Crippen LogP contribution in [0.1, 0.15) is 41.7 Å². The number of carbonyl (C=O) groups is 1. The zero-order chi connectivity index (χ0) is 27.1. The summed E-state index contributed by atoms with van der Waals surface area (Å²) in [6, 6.07) is 9.74. The summed E-state index contributed by atoms with van der Waals surface area (Å²) in [5.74, 6) is -0.637. The Morgan fingerprint density at radius 1 is 1.05 bits per heavy atom. The number of anilines is 1. The van der Waals surface area contributed by atoms with Gasteiger partial charge in [0.25, 0.3) is 0 Å². The van der Waals surface area contributed by atoms with Gasteiger partial charge in [-0.25, -0.2) is 14.6 Å². The van der Waals surface area contributed by atoms with Gasteiger partial charge in [-0.05, 0) is 49.2 Å². The van der Waals surface area contributed by atoms with E-state index in [1.165, 1.54) is 40.0 Å². The lowest BCUT2D eigenvalue weighted by atomic mass is 10.1. The first-order chi connectivity index (χ1) is 18.8. The highest BCUT2D eigenvalue weighted by molar-refractivity contribution is 5.95. The van der Waals surface area contributed by atoms with Gasteiger partial charge in [0.1, 0.15) is 0 Å². The van der Waals surface area contributed by atoms with E-state index in [9.17, 15) is 18.0 Å². The predicted octanol–water partition coefficient (Wildman–Crippen LogP) is 5.14. The second-order valence-corrected chi connectivity index (χ2v) is 9.42. The number of nitrogens with one attached hydrogen (secondary N) is 1. The molecule has 4 heterocycles. The minimum Gasteiger partial charge on any atom is -0.381 e. The molecule has 12 heteroatoms. The first-order valence-corrected chi connectivity index (χ1v) is 12.4. The van der Waals surface area contributed by atoms with Crippen molar-refractivity contribution in [3.63, 3.8) is 0 Å². The Bertz CT molecular complexity index is 1670. The van der Waals surface area contributed by atoms with Crippen LogP contribution in [0.25, 0.3) is 33.7 Å². The summed E-state index contributed by atoms with van der Waals surface area (Å²) in [4.78, 5) is 24.6. The second-order valence-electron chi connectivity index (χ2n) is 9.42. The van der Waals surface area contributed by atoms with Crippen LogP contribution in [0, 0.1) is 0 Å². The maximum absolute atomic E-state index is 14.4. The fourth-order valence-electron chi connectivity index (χ4n) is 5.01. The molecule has 0 bridgehead atoms. The van der Waals surface area contributed by atoms with Gasteiger partial charge in [0.2, 0.25) is 5.91 Å². The number of aromatic nitrogens is 6. The van der Waals surface area contributed by atoms with Crippen molar-refractivity contribution in [2.45, 2.75) is 37.9 Å². The number of primary amides is 1. The van der Waals surface area contributed by atoms with Crippen LogP contribution in [0.5, 0.6) is 0 Å². The van der Waals surface area contributed by atoms with Crippen LogP contribution in [0.4, 0.5) is 18.9 Å². The number of alkyl halides is 3. The summed E-state index contributed by atoms with van der Waals surface area (Å²) >= 11 is 0. The highest BCUT2D eigenvalue weighted by Gasteiger charge is 2.39. The monoisotopic (exact) mass is 532 g/mol. The van der Waals surface area contributed by atoms with Crippen molar-refractivity contribution in [3.05, 3.63) is 78.8 Å². The normalized spacial score (nSPS) is 14.2. The molecule has 1 aliphatic rings. The second kappa shape index (κ2) is 9.53. The van der Waals surface area contributed by atoms with E-state index >= 15 is 0 Å². The molecular formula is C27H23F3N8O. The number of imidazole rings is 1. The largest absolute Gasteiger partial charge is 0.435 e. The third-order valence-electron chi connectivity index (χ3n) is 6.86. The molecule has 0 aliphatic heterocycles. The van der Waals surface area contributed by atoms with E-state index in [0.717, 1.165) is 31.2 Å². The van der Waals surface area contributed by atoms with Crippen molar-refractivity contribution in [3.8, 4) is 22.6 Å². The number of carbonyl (C=O) groups excluding carboxylic acids is 1. The third kappa shape index (κ3) is 4.58. The number of hydrogen-bond donors (Lipinski definition) is 2. The maximum Gasteiger partial charge on any atom is 0.435 e. The van der Waals surface area contributed by atoms with Gasteiger partial charge < -0.3 is 15.6 Å². The highest BCUT2D eigenvalue weighted by Crippen LogP contribution is 2.39. The van der Waals surface area contributed by atoms with Crippen molar-refractivity contribution in [2.24, 2.45) is 5.73 Å². The number of amides is 1. The Hall–Kier alpha value is -4.74. The minimum atomic E-state index is -4.76. The molecule has 0 atom stereocenters. The van der Waals surface area contributed by atoms with Crippen LogP contribution in [-0.4, -0.2) is 41.2 Å². The summed E-state index contributed by atoms with van der Waals surface area (Å²) in [6.45, 7) is 0. The lowest BCUT2D eigenvalue weighted by Gasteiger charge is -2.18. The third-order valence-corrected chi connectivity index (χ3v) is 6.86. The first kappa shape index (κ1) is 24.6. The van der Waals surface area contributed by atoms with Gasteiger partial charge in [-0.3, -0.25) is 9.78 Å². The van der Waals surface area contributed by atoms with Crippen molar-refractivity contribution in [2.75, 3.05) is 5.32 Å². The van der Waals surface area contributed by atoms with Crippen LogP contribution in [0.15, 0.2) is 67.5 Å². The Morgan fingerprint density at radius 3 is 2.59 bits per heavy atom. The van der Waals surface area contributed by atoms with Gasteiger partial charge >= 0.3 is 6.18 Å². The number of halogens is 3. The van der Waals surface area contributed by atoms with Crippen LogP contribution >= 0.6 is 0 Å². The number of nitrogens with zero attached hydrogens (tertiary/aromatic N) is 6. The van der Waals surface area contributed by atoms with Gasteiger partial charge in [-0.15, -0.1) is 0 Å². The molecule has 0 unspecified atom stereocenters. The number of nitrogens with two attached hydrogens (primary N) is 1.